The van der Waals surface area contributed by atoms with Crippen LogP contribution < -0.4 is 0 Å². The molecule has 28 heavy (non-hydrogen) atoms. The Labute approximate surface area is 165 Å². The van der Waals surface area contributed by atoms with Crippen LogP contribution in [0.5, 0.6) is 0 Å². The molecular formula is C18H33N3O7. The van der Waals surface area contributed by atoms with E-state index in [9.17, 15) is 24.3 Å². The zero-order chi connectivity index (χ0) is 21.7. The minimum atomic E-state index is -1.04. The van der Waals surface area contributed by atoms with Gasteiger partial charge in [0.15, 0.2) is 0 Å². The van der Waals surface area contributed by atoms with Crippen molar-refractivity contribution in [2.75, 3.05) is 52.4 Å². The van der Waals surface area contributed by atoms with Crippen LogP contribution in [-0.2, 0) is 19.2 Å². The Kier molecular flexibility index (Phi) is 13.0. The molecular weight excluding hydrogens is 370 g/mol. The summed E-state index contributed by atoms with van der Waals surface area (Å²) >= 11 is 0. The smallest absolute Gasteiger partial charge is 0.320 e. The predicted octanol–water partition coefficient (Wildman–Crippen LogP) is -0.0762. The van der Waals surface area contributed by atoms with Crippen molar-refractivity contribution in [2.45, 2.75) is 39.7 Å². The van der Waals surface area contributed by atoms with E-state index in [1.165, 1.54) is 6.92 Å². The van der Waals surface area contributed by atoms with Crippen molar-refractivity contribution in [2.24, 2.45) is 0 Å². The van der Waals surface area contributed by atoms with Gasteiger partial charge in [-0.05, 0) is 13.3 Å². The van der Waals surface area contributed by atoms with Crippen molar-refractivity contribution in [3.63, 3.8) is 0 Å². The number of hydrogen-bond donors (Lipinski definition) is 3. The van der Waals surface area contributed by atoms with Gasteiger partial charge in [-0.3, -0.25) is 29.1 Å². The van der Waals surface area contributed by atoms with Crippen LogP contribution in [0.2, 0.25) is 0 Å². The second-order valence-corrected chi connectivity index (χ2v) is 6.47. The van der Waals surface area contributed by atoms with Crippen LogP contribution in [0.4, 0.5) is 0 Å². The molecule has 0 radical (unpaired) electrons. The van der Waals surface area contributed by atoms with Gasteiger partial charge in [0.05, 0.1) is 13.1 Å². The van der Waals surface area contributed by atoms with E-state index in [0.29, 0.717) is 39.3 Å². The Bertz CT molecular complexity index is 499. The number of carbonyl (C=O) groups is 4. The van der Waals surface area contributed by atoms with Gasteiger partial charge in [-0.15, -0.1) is 0 Å². The fraction of sp³-hybridized carbons (Fsp3) is 0.778. The highest BCUT2D eigenvalue weighted by atomic mass is 16.4. The molecule has 1 aliphatic heterocycles. The van der Waals surface area contributed by atoms with Gasteiger partial charge in [0.2, 0.25) is 0 Å². The normalized spacial score (nSPS) is 18.0. The molecule has 0 amide bonds. The van der Waals surface area contributed by atoms with Crippen LogP contribution in [0, 0.1) is 0 Å². The molecule has 162 valence electrons. The number of Topliss-reactive ketones (excluding diaryl/α,β-unsaturated/α-hetero) is 1. The average Bonchev–Trinajstić information content (AvgIpc) is 2.68. The second kappa shape index (κ2) is 14.0. The first-order chi connectivity index (χ1) is 13.2. The molecule has 10 nitrogen and oxygen atoms in total. The molecule has 1 atom stereocenters. The molecule has 1 aliphatic rings. The molecule has 1 fully saturated rings. The number of ketones is 1. The van der Waals surface area contributed by atoms with E-state index >= 15 is 0 Å². The van der Waals surface area contributed by atoms with Crippen molar-refractivity contribution in [1.29, 1.82) is 0 Å². The standard InChI is InChI=1S/C16H27N3O7.C2H6/c1-12(20)2-3-13(16(25)26)19-8-6-17(10-14(21)22)4-5-18(7-9-19)11-15(23)24;1-2/h13H,2-11H2,1H3,(H,21,22)(H,23,24)(H,25,26);1-2H3. The van der Waals surface area contributed by atoms with E-state index in [-0.39, 0.29) is 31.7 Å². The molecule has 0 aromatic carbocycles. The Balaban J connectivity index is 0.00000352. The van der Waals surface area contributed by atoms with E-state index in [1.54, 1.807) is 14.7 Å². The molecule has 0 saturated carbocycles. The number of nitrogens with zero attached hydrogens (tertiary/aromatic N) is 3. The molecule has 3 N–H and O–H groups in total. The van der Waals surface area contributed by atoms with Crippen LogP contribution in [0.1, 0.15) is 33.6 Å². The summed E-state index contributed by atoms with van der Waals surface area (Å²) in [6.45, 7) is 7.18. The van der Waals surface area contributed by atoms with E-state index < -0.39 is 23.9 Å². The highest BCUT2D eigenvalue weighted by molar-refractivity contribution is 5.78. The lowest BCUT2D eigenvalue weighted by molar-refractivity contribution is -0.144. The fourth-order valence-electron chi connectivity index (χ4n) is 2.97. The summed E-state index contributed by atoms with van der Waals surface area (Å²) in [7, 11) is 0. The first-order valence-electron chi connectivity index (χ1n) is 9.53. The SMILES string of the molecule is CC.CC(=O)CCC(C(=O)O)N1CCN(CC(=O)O)CCN(CC(=O)O)CC1. The molecule has 0 aliphatic carbocycles. The largest absolute Gasteiger partial charge is 0.480 e. The number of carboxylic acid groups (broad SMARTS) is 3. The van der Waals surface area contributed by atoms with Gasteiger partial charge >= 0.3 is 17.9 Å². The maximum atomic E-state index is 11.6. The van der Waals surface area contributed by atoms with Crippen LogP contribution in [0.15, 0.2) is 0 Å². The zero-order valence-electron chi connectivity index (χ0n) is 17.0. The Morgan fingerprint density at radius 2 is 1.18 bits per heavy atom. The van der Waals surface area contributed by atoms with Gasteiger partial charge in [-0.25, -0.2) is 0 Å². The lowest BCUT2D eigenvalue weighted by Gasteiger charge is -2.30. The summed E-state index contributed by atoms with van der Waals surface area (Å²) in [5.41, 5.74) is 0. The molecule has 1 unspecified atom stereocenters. The van der Waals surface area contributed by atoms with Crippen LogP contribution >= 0.6 is 0 Å². The van der Waals surface area contributed by atoms with Gasteiger partial charge in [0.25, 0.3) is 0 Å². The Hall–Kier alpha value is -2.04. The predicted molar refractivity (Wildman–Crippen MR) is 102 cm³/mol. The first kappa shape index (κ1) is 26.0. The lowest BCUT2D eigenvalue weighted by atomic mass is 10.1. The Morgan fingerprint density at radius 3 is 1.50 bits per heavy atom. The molecule has 1 rings (SSSR count). The number of carboxylic acids is 3. The average molecular weight is 403 g/mol. The summed E-state index contributed by atoms with van der Waals surface area (Å²) in [5.74, 6) is -3.13. The summed E-state index contributed by atoms with van der Waals surface area (Å²) in [5, 5.41) is 27.6. The van der Waals surface area contributed by atoms with Crippen LogP contribution in [0.3, 0.4) is 0 Å². The molecule has 0 bridgehead atoms. The van der Waals surface area contributed by atoms with E-state index in [1.807, 2.05) is 13.8 Å². The first-order valence-corrected chi connectivity index (χ1v) is 9.53. The van der Waals surface area contributed by atoms with Gasteiger partial charge in [0.1, 0.15) is 11.8 Å². The maximum absolute atomic E-state index is 11.6. The van der Waals surface area contributed by atoms with Crippen molar-refractivity contribution in [3.05, 3.63) is 0 Å². The highest BCUT2D eigenvalue weighted by Crippen LogP contribution is 2.11. The fourth-order valence-corrected chi connectivity index (χ4v) is 2.97. The molecule has 1 heterocycles. The van der Waals surface area contributed by atoms with Crippen molar-refractivity contribution in [1.82, 2.24) is 14.7 Å². The second-order valence-electron chi connectivity index (χ2n) is 6.47. The molecule has 0 aromatic heterocycles. The minimum absolute atomic E-state index is 0.0967. The third-order valence-electron chi connectivity index (χ3n) is 4.35. The third-order valence-corrected chi connectivity index (χ3v) is 4.35. The minimum Gasteiger partial charge on any atom is -0.480 e. The van der Waals surface area contributed by atoms with Gasteiger partial charge in [-0.1, -0.05) is 13.8 Å². The maximum Gasteiger partial charge on any atom is 0.320 e. The topological polar surface area (TPSA) is 139 Å². The van der Waals surface area contributed by atoms with E-state index in [4.69, 9.17) is 10.2 Å². The third kappa shape index (κ3) is 11.0. The quantitative estimate of drug-likeness (QED) is 0.479. The molecule has 0 spiro atoms. The van der Waals surface area contributed by atoms with Gasteiger partial charge < -0.3 is 20.1 Å². The zero-order valence-corrected chi connectivity index (χ0v) is 17.0. The van der Waals surface area contributed by atoms with Gasteiger partial charge in [0, 0.05) is 45.7 Å². The van der Waals surface area contributed by atoms with E-state index in [0.717, 1.165) is 0 Å². The summed E-state index contributed by atoms with van der Waals surface area (Å²) in [6, 6.07) is -0.865. The summed E-state index contributed by atoms with van der Waals surface area (Å²) < 4.78 is 0. The van der Waals surface area contributed by atoms with Crippen molar-refractivity contribution in [3.8, 4) is 0 Å². The van der Waals surface area contributed by atoms with E-state index in [2.05, 4.69) is 0 Å². The number of rotatable bonds is 9. The van der Waals surface area contributed by atoms with Gasteiger partial charge in [-0.2, -0.15) is 0 Å². The molecule has 0 aromatic rings. The number of hydrogen-bond acceptors (Lipinski definition) is 7. The monoisotopic (exact) mass is 403 g/mol. The van der Waals surface area contributed by atoms with Crippen molar-refractivity contribution < 1.29 is 34.5 Å². The van der Waals surface area contributed by atoms with Crippen LogP contribution in [0.25, 0.3) is 0 Å². The molecule has 1 saturated heterocycles. The van der Waals surface area contributed by atoms with Crippen LogP contribution in [-0.4, -0.2) is 112 Å². The number of aliphatic carboxylic acids is 3. The lowest BCUT2D eigenvalue weighted by Crippen LogP contribution is -2.47. The molecule has 10 heteroatoms. The Morgan fingerprint density at radius 1 is 0.786 bits per heavy atom. The highest BCUT2D eigenvalue weighted by Gasteiger charge is 2.28. The summed E-state index contributed by atoms with van der Waals surface area (Å²) in [6.07, 6.45) is 0.313. The number of carbonyl (C=O) groups excluding carboxylic acids is 1. The summed E-state index contributed by atoms with van der Waals surface area (Å²) in [4.78, 5) is 49.9. The van der Waals surface area contributed by atoms with Crippen molar-refractivity contribution >= 4 is 23.7 Å².